The SMILES string of the molecule is Cc1nc2cc(NC(=O)Nc3ccc(O)c(C(F)(F)F)c3)ccc2s1. The predicted molar refractivity (Wildman–Crippen MR) is 90.1 cm³/mol. The van der Waals surface area contributed by atoms with Gasteiger partial charge in [-0.15, -0.1) is 11.3 Å². The smallest absolute Gasteiger partial charge is 0.420 e. The van der Waals surface area contributed by atoms with Crippen LogP contribution < -0.4 is 10.6 Å². The Morgan fingerprint density at radius 1 is 1.12 bits per heavy atom. The van der Waals surface area contributed by atoms with E-state index >= 15 is 0 Å². The lowest BCUT2D eigenvalue weighted by atomic mass is 10.1. The van der Waals surface area contributed by atoms with E-state index in [-0.39, 0.29) is 5.69 Å². The second-order valence-corrected chi connectivity index (χ2v) is 6.46. The molecule has 3 aromatic rings. The molecule has 0 aliphatic rings. The van der Waals surface area contributed by atoms with Crippen molar-refractivity contribution in [1.29, 1.82) is 0 Å². The summed E-state index contributed by atoms with van der Waals surface area (Å²) in [4.78, 5) is 16.3. The Hall–Kier alpha value is -2.81. The first-order chi connectivity index (χ1) is 11.7. The van der Waals surface area contributed by atoms with Crippen molar-refractivity contribution >= 4 is 39.0 Å². The number of aryl methyl sites for hydroxylation is 1. The summed E-state index contributed by atoms with van der Waals surface area (Å²) in [7, 11) is 0. The lowest BCUT2D eigenvalue weighted by Crippen LogP contribution is -2.19. The molecule has 2 amide bonds. The van der Waals surface area contributed by atoms with E-state index < -0.39 is 23.5 Å². The number of aromatic nitrogens is 1. The number of phenolic OH excluding ortho intramolecular Hbond substituents is 1. The van der Waals surface area contributed by atoms with Crippen LogP contribution >= 0.6 is 11.3 Å². The highest BCUT2D eigenvalue weighted by molar-refractivity contribution is 7.18. The van der Waals surface area contributed by atoms with Gasteiger partial charge in [0, 0.05) is 11.4 Å². The minimum atomic E-state index is -4.72. The summed E-state index contributed by atoms with van der Waals surface area (Å²) in [5.74, 6) is -0.900. The van der Waals surface area contributed by atoms with Gasteiger partial charge in [0.2, 0.25) is 0 Å². The van der Waals surface area contributed by atoms with Gasteiger partial charge >= 0.3 is 12.2 Å². The molecular formula is C16H12F3N3O2S. The molecule has 0 aliphatic carbocycles. The third-order valence-corrected chi connectivity index (χ3v) is 4.26. The molecule has 3 N–H and O–H groups in total. The van der Waals surface area contributed by atoms with Crippen LogP contribution in [0.5, 0.6) is 5.75 Å². The quantitative estimate of drug-likeness (QED) is 0.560. The van der Waals surface area contributed by atoms with Crippen LogP contribution in [0.25, 0.3) is 10.2 Å². The van der Waals surface area contributed by atoms with Gasteiger partial charge < -0.3 is 15.7 Å². The van der Waals surface area contributed by atoms with Crippen LogP contribution in [0.15, 0.2) is 36.4 Å². The topological polar surface area (TPSA) is 74.2 Å². The van der Waals surface area contributed by atoms with E-state index in [1.807, 2.05) is 6.92 Å². The Balaban J connectivity index is 1.75. The van der Waals surface area contributed by atoms with Crippen molar-refractivity contribution < 1.29 is 23.1 Å². The fraction of sp³-hybridized carbons (Fsp3) is 0.125. The largest absolute Gasteiger partial charge is 0.507 e. The standard InChI is InChI=1S/C16H12F3N3O2S/c1-8-20-12-7-10(3-5-14(12)25-8)22-15(24)21-9-2-4-13(23)11(6-9)16(17,18)19/h2-7,23H,1H3,(H2,21,22,24). The molecule has 0 unspecified atom stereocenters. The molecule has 0 aliphatic heterocycles. The maximum absolute atomic E-state index is 12.8. The third kappa shape index (κ3) is 3.82. The molecule has 0 saturated heterocycles. The van der Waals surface area contributed by atoms with E-state index in [0.717, 1.165) is 21.3 Å². The molecule has 1 heterocycles. The van der Waals surface area contributed by atoms with Gasteiger partial charge in [-0.1, -0.05) is 0 Å². The zero-order valence-electron chi connectivity index (χ0n) is 12.8. The number of halogens is 3. The first kappa shape index (κ1) is 17.0. The number of urea groups is 1. The fourth-order valence-corrected chi connectivity index (χ4v) is 3.06. The minimum Gasteiger partial charge on any atom is -0.507 e. The summed E-state index contributed by atoms with van der Waals surface area (Å²) < 4.78 is 39.3. The number of rotatable bonds is 2. The van der Waals surface area contributed by atoms with Crippen molar-refractivity contribution in [3.8, 4) is 5.75 Å². The zero-order chi connectivity index (χ0) is 18.2. The molecule has 0 atom stereocenters. The monoisotopic (exact) mass is 367 g/mol. The number of carbonyl (C=O) groups excluding carboxylic acids is 1. The Bertz CT molecular complexity index is 953. The maximum atomic E-state index is 12.8. The summed E-state index contributed by atoms with van der Waals surface area (Å²) in [5.41, 5.74) is -0.118. The average molecular weight is 367 g/mol. The van der Waals surface area contributed by atoms with Gasteiger partial charge in [0.05, 0.1) is 20.8 Å². The molecule has 0 saturated carbocycles. The number of alkyl halides is 3. The number of nitrogens with zero attached hydrogens (tertiary/aromatic N) is 1. The normalized spacial score (nSPS) is 11.5. The van der Waals surface area contributed by atoms with Crippen LogP contribution in [0.2, 0.25) is 0 Å². The van der Waals surface area contributed by atoms with Crippen molar-refractivity contribution in [2.24, 2.45) is 0 Å². The maximum Gasteiger partial charge on any atom is 0.420 e. The summed E-state index contributed by atoms with van der Waals surface area (Å²) in [6, 6.07) is 7.18. The van der Waals surface area contributed by atoms with Crippen LogP contribution in [0.4, 0.5) is 29.3 Å². The van der Waals surface area contributed by atoms with Gasteiger partial charge in [-0.2, -0.15) is 13.2 Å². The molecular weight excluding hydrogens is 355 g/mol. The molecule has 0 radical (unpaired) electrons. The van der Waals surface area contributed by atoms with Gasteiger partial charge in [0.25, 0.3) is 0 Å². The van der Waals surface area contributed by atoms with Crippen molar-refractivity contribution in [2.75, 3.05) is 10.6 Å². The summed E-state index contributed by atoms with van der Waals surface area (Å²) >= 11 is 1.52. The number of amides is 2. The summed E-state index contributed by atoms with van der Waals surface area (Å²) in [6.07, 6.45) is -4.72. The second-order valence-electron chi connectivity index (χ2n) is 5.22. The van der Waals surface area contributed by atoms with Crippen LogP contribution in [0, 0.1) is 6.92 Å². The van der Waals surface area contributed by atoms with E-state index in [9.17, 15) is 23.1 Å². The first-order valence-corrected chi connectivity index (χ1v) is 7.89. The second kappa shape index (κ2) is 6.25. The lowest BCUT2D eigenvalue weighted by Gasteiger charge is -2.12. The summed E-state index contributed by atoms with van der Waals surface area (Å²) in [5, 5.41) is 15.0. The fourth-order valence-electron chi connectivity index (χ4n) is 2.25. The number of nitrogens with one attached hydrogen (secondary N) is 2. The van der Waals surface area contributed by atoms with E-state index in [4.69, 9.17) is 0 Å². The van der Waals surface area contributed by atoms with Crippen LogP contribution in [0.1, 0.15) is 10.6 Å². The molecule has 0 spiro atoms. The minimum absolute atomic E-state index is 0.0896. The Kier molecular flexibility index (Phi) is 4.25. The van der Waals surface area contributed by atoms with E-state index in [2.05, 4.69) is 15.6 Å². The number of benzene rings is 2. The number of aromatic hydroxyl groups is 1. The van der Waals surface area contributed by atoms with Crippen LogP contribution in [0.3, 0.4) is 0 Å². The number of fused-ring (bicyclic) bond motifs is 1. The van der Waals surface area contributed by atoms with Gasteiger partial charge in [0.15, 0.2) is 0 Å². The molecule has 9 heteroatoms. The first-order valence-electron chi connectivity index (χ1n) is 7.08. The molecule has 3 rings (SSSR count). The van der Waals surface area contributed by atoms with Gasteiger partial charge in [-0.3, -0.25) is 0 Å². The Morgan fingerprint density at radius 2 is 1.76 bits per heavy atom. The molecule has 0 bridgehead atoms. The average Bonchev–Trinajstić information content (AvgIpc) is 2.87. The zero-order valence-corrected chi connectivity index (χ0v) is 13.6. The lowest BCUT2D eigenvalue weighted by molar-refractivity contribution is -0.138. The van der Waals surface area contributed by atoms with Crippen molar-refractivity contribution in [2.45, 2.75) is 13.1 Å². The van der Waals surface area contributed by atoms with Crippen molar-refractivity contribution in [1.82, 2.24) is 4.98 Å². The number of anilines is 2. The van der Waals surface area contributed by atoms with Gasteiger partial charge in [-0.05, 0) is 43.3 Å². The van der Waals surface area contributed by atoms with E-state index in [0.29, 0.717) is 11.8 Å². The molecule has 130 valence electrons. The van der Waals surface area contributed by atoms with Crippen LogP contribution in [-0.2, 0) is 6.18 Å². The van der Waals surface area contributed by atoms with E-state index in [1.54, 1.807) is 18.2 Å². The summed E-state index contributed by atoms with van der Waals surface area (Å²) in [6.45, 7) is 1.87. The van der Waals surface area contributed by atoms with E-state index in [1.165, 1.54) is 17.4 Å². The van der Waals surface area contributed by atoms with Crippen molar-refractivity contribution in [3.63, 3.8) is 0 Å². The third-order valence-electron chi connectivity index (χ3n) is 3.31. The predicted octanol–water partition coefficient (Wildman–Crippen LogP) is 4.97. The van der Waals surface area contributed by atoms with Gasteiger partial charge in [0.1, 0.15) is 5.75 Å². The molecule has 25 heavy (non-hydrogen) atoms. The number of hydrogen-bond acceptors (Lipinski definition) is 4. The highest BCUT2D eigenvalue weighted by Crippen LogP contribution is 2.37. The van der Waals surface area contributed by atoms with Crippen LogP contribution in [-0.4, -0.2) is 16.1 Å². The number of hydrogen-bond donors (Lipinski definition) is 3. The number of carbonyl (C=O) groups is 1. The molecule has 0 fully saturated rings. The highest BCUT2D eigenvalue weighted by Gasteiger charge is 2.34. The number of thiazole rings is 1. The molecule has 2 aromatic carbocycles. The molecule has 5 nitrogen and oxygen atoms in total. The van der Waals surface area contributed by atoms with Gasteiger partial charge in [-0.25, -0.2) is 9.78 Å². The van der Waals surface area contributed by atoms with Crippen molar-refractivity contribution in [3.05, 3.63) is 47.0 Å². The Labute approximate surface area is 144 Å². The number of phenols is 1. The highest BCUT2D eigenvalue weighted by atomic mass is 32.1. The molecule has 1 aromatic heterocycles. The Morgan fingerprint density at radius 3 is 2.44 bits per heavy atom.